The fraction of sp³-hybridized carbons (Fsp3) is 0.520. The first-order valence-corrected chi connectivity index (χ1v) is 11.5. The Hall–Kier alpha value is -3.36. The maximum atomic E-state index is 13.1. The molecular weight excluding hydrogens is 438 g/mol. The summed E-state index contributed by atoms with van der Waals surface area (Å²) >= 11 is 0. The van der Waals surface area contributed by atoms with Crippen LogP contribution in [0.4, 0.5) is 9.59 Å². The molecule has 2 fully saturated rings. The number of carbonyl (C=O) groups is 4. The molecule has 1 N–H and O–H groups in total. The van der Waals surface area contributed by atoms with Crippen LogP contribution in [0.5, 0.6) is 0 Å². The molecule has 0 radical (unpaired) electrons. The molecule has 3 aliphatic rings. The second-order valence-corrected chi connectivity index (χ2v) is 10.2. The van der Waals surface area contributed by atoms with Gasteiger partial charge in [-0.3, -0.25) is 14.6 Å². The molecule has 1 aliphatic carbocycles. The second kappa shape index (κ2) is 8.77. The van der Waals surface area contributed by atoms with Crippen LogP contribution in [0.3, 0.4) is 0 Å². The molecule has 0 unspecified atom stereocenters. The van der Waals surface area contributed by atoms with Crippen molar-refractivity contribution in [1.29, 1.82) is 0 Å². The van der Waals surface area contributed by atoms with Gasteiger partial charge in [0.05, 0.1) is 6.54 Å². The summed E-state index contributed by atoms with van der Waals surface area (Å²) in [6.07, 6.45) is 1.09. The van der Waals surface area contributed by atoms with Crippen LogP contribution < -0.4 is 5.32 Å². The molecule has 34 heavy (non-hydrogen) atoms. The van der Waals surface area contributed by atoms with Gasteiger partial charge >= 0.3 is 12.2 Å². The molecule has 9 heteroatoms. The Balaban J connectivity index is 1.44. The summed E-state index contributed by atoms with van der Waals surface area (Å²) in [6.45, 7) is 9.83. The van der Waals surface area contributed by atoms with Crippen molar-refractivity contribution in [3.8, 4) is 0 Å². The van der Waals surface area contributed by atoms with Crippen LogP contribution >= 0.6 is 0 Å². The summed E-state index contributed by atoms with van der Waals surface area (Å²) in [7, 11) is 0. The zero-order chi connectivity index (χ0) is 24.7. The summed E-state index contributed by atoms with van der Waals surface area (Å²) in [5.74, 6) is -0.620. The van der Waals surface area contributed by atoms with Crippen LogP contribution in [0.1, 0.15) is 44.7 Å². The first-order chi connectivity index (χ1) is 16.0. The van der Waals surface area contributed by atoms with Gasteiger partial charge in [0.25, 0.3) is 0 Å². The number of likely N-dealkylation sites (tertiary alicyclic amines) is 1. The molecule has 3 amide bonds. The van der Waals surface area contributed by atoms with E-state index in [2.05, 4.69) is 11.9 Å². The lowest BCUT2D eigenvalue weighted by molar-refractivity contribution is -0.128. The minimum absolute atomic E-state index is 0.0263. The Morgan fingerprint density at radius 2 is 1.79 bits per heavy atom. The van der Waals surface area contributed by atoms with Crippen molar-refractivity contribution in [2.45, 2.75) is 70.0 Å². The highest BCUT2D eigenvalue weighted by molar-refractivity contribution is 5.91. The van der Waals surface area contributed by atoms with E-state index >= 15 is 0 Å². The fourth-order valence-corrected chi connectivity index (χ4v) is 4.55. The summed E-state index contributed by atoms with van der Waals surface area (Å²) in [5.41, 5.74) is 0.384. The van der Waals surface area contributed by atoms with E-state index in [1.807, 2.05) is 24.3 Å². The molecule has 0 bridgehead atoms. The van der Waals surface area contributed by atoms with Crippen molar-refractivity contribution in [2.24, 2.45) is 5.92 Å². The van der Waals surface area contributed by atoms with Crippen LogP contribution in [0, 0.1) is 5.92 Å². The van der Waals surface area contributed by atoms with E-state index in [4.69, 9.17) is 9.47 Å². The van der Waals surface area contributed by atoms with Crippen molar-refractivity contribution in [2.75, 3.05) is 6.54 Å². The monoisotopic (exact) mass is 469 g/mol. The number of nitrogens with one attached hydrogen (secondary N) is 1. The van der Waals surface area contributed by atoms with E-state index in [1.54, 1.807) is 31.7 Å². The van der Waals surface area contributed by atoms with E-state index in [0.717, 1.165) is 11.1 Å². The number of hydrogen-bond acceptors (Lipinski definition) is 6. The molecule has 1 saturated carbocycles. The molecule has 1 aromatic rings. The first-order valence-electron chi connectivity index (χ1n) is 11.5. The van der Waals surface area contributed by atoms with Gasteiger partial charge in [0.2, 0.25) is 5.91 Å². The van der Waals surface area contributed by atoms with E-state index in [9.17, 15) is 19.2 Å². The van der Waals surface area contributed by atoms with Gasteiger partial charge in [-0.05, 0) is 38.3 Å². The summed E-state index contributed by atoms with van der Waals surface area (Å²) in [6, 6.07) is 6.87. The molecule has 1 aromatic carbocycles. The number of ether oxygens (including phenoxy) is 2. The quantitative estimate of drug-likeness (QED) is 0.525. The maximum absolute atomic E-state index is 13.1. The lowest BCUT2D eigenvalue weighted by Crippen LogP contribution is -2.51. The van der Waals surface area contributed by atoms with Crippen molar-refractivity contribution >= 4 is 24.4 Å². The lowest BCUT2D eigenvalue weighted by Gasteiger charge is -2.28. The van der Waals surface area contributed by atoms with Crippen molar-refractivity contribution < 1.29 is 28.7 Å². The molecule has 4 rings (SSSR count). The Labute approximate surface area is 199 Å². The number of fused-ring (bicyclic) bond motifs is 1. The highest BCUT2D eigenvalue weighted by Crippen LogP contribution is 2.43. The number of rotatable bonds is 5. The molecule has 9 nitrogen and oxygen atoms in total. The molecule has 1 saturated heterocycles. The molecule has 4 atom stereocenters. The Morgan fingerprint density at radius 1 is 1.15 bits per heavy atom. The SMILES string of the molecule is C=C[C@@H]1C[C@@]1(C=O)NC(=O)[C@@H]1C[C@@H](OC(=O)N2Cc3ccccc3C2)CN1C(=O)OC(C)(C)C. The van der Waals surface area contributed by atoms with Gasteiger partial charge in [-0.2, -0.15) is 0 Å². The summed E-state index contributed by atoms with van der Waals surface area (Å²) < 4.78 is 11.2. The van der Waals surface area contributed by atoms with Gasteiger partial charge in [-0.1, -0.05) is 30.3 Å². The highest BCUT2D eigenvalue weighted by atomic mass is 16.6. The minimum Gasteiger partial charge on any atom is -0.444 e. The average Bonchev–Trinajstić information content (AvgIpc) is 3.10. The van der Waals surface area contributed by atoms with Gasteiger partial charge in [0.1, 0.15) is 29.6 Å². The molecule has 2 aliphatic heterocycles. The van der Waals surface area contributed by atoms with Gasteiger partial charge in [-0.15, -0.1) is 6.58 Å². The predicted octanol–water partition coefficient (Wildman–Crippen LogP) is 2.78. The van der Waals surface area contributed by atoms with E-state index < -0.39 is 41.4 Å². The lowest BCUT2D eigenvalue weighted by atomic mass is 10.1. The van der Waals surface area contributed by atoms with Crippen molar-refractivity contribution in [1.82, 2.24) is 15.1 Å². The molecule has 0 aromatic heterocycles. The highest BCUT2D eigenvalue weighted by Gasteiger charge is 2.55. The Morgan fingerprint density at radius 3 is 2.32 bits per heavy atom. The Bertz CT molecular complexity index is 993. The third kappa shape index (κ3) is 4.78. The smallest absolute Gasteiger partial charge is 0.411 e. The average molecular weight is 470 g/mol. The summed E-state index contributed by atoms with van der Waals surface area (Å²) in [4.78, 5) is 53.3. The van der Waals surface area contributed by atoms with Crippen LogP contribution in [0.15, 0.2) is 36.9 Å². The molecular formula is C25H31N3O6. The number of amides is 3. The normalized spacial score (nSPS) is 27.6. The third-order valence-corrected chi connectivity index (χ3v) is 6.47. The number of aldehydes is 1. The maximum Gasteiger partial charge on any atom is 0.411 e. The van der Waals surface area contributed by atoms with Crippen LogP contribution in [0.2, 0.25) is 0 Å². The first kappa shape index (κ1) is 23.8. The largest absolute Gasteiger partial charge is 0.444 e. The van der Waals surface area contributed by atoms with Gasteiger partial charge in [0.15, 0.2) is 0 Å². The second-order valence-electron chi connectivity index (χ2n) is 10.2. The van der Waals surface area contributed by atoms with E-state index in [1.165, 1.54) is 4.90 Å². The van der Waals surface area contributed by atoms with Crippen LogP contribution in [0.25, 0.3) is 0 Å². The number of carbonyl (C=O) groups excluding carboxylic acids is 4. The van der Waals surface area contributed by atoms with Crippen molar-refractivity contribution in [3.05, 3.63) is 48.0 Å². The number of hydrogen-bond donors (Lipinski definition) is 1. The third-order valence-electron chi connectivity index (χ3n) is 6.47. The minimum atomic E-state index is -0.992. The number of nitrogens with zero attached hydrogens (tertiary/aromatic N) is 2. The number of benzene rings is 1. The fourth-order valence-electron chi connectivity index (χ4n) is 4.55. The zero-order valence-electron chi connectivity index (χ0n) is 19.8. The summed E-state index contributed by atoms with van der Waals surface area (Å²) in [5, 5.41) is 2.77. The van der Waals surface area contributed by atoms with Gasteiger partial charge < -0.3 is 19.6 Å². The van der Waals surface area contributed by atoms with Crippen LogP contribution in [-0.4, -0.2) is 64.0 Å². The predicted molar refractivity (Wildman–Crippen MR) is 123 cm³/mol. The van der Waals surface area contributed by atoms with Crippen molar-refractivity contribution in [3.63, 3.8) is 0 Å². The molecule has 182 valence electrons. The van der Waals surface area contributed by atoms with E-state index in [-0.39, 0.29) is 18.9 Å². The van der Waals surface area contributed by atoms with Gasteiger partial charge in [0, 0.05) is 25.4 Å². The zero-order valence-corrected chi connectivity index (χ0v) is 19.8. The molecule has 2 heterocycles. The van der Waals surface area contributed by atoms with Crippen LogP contribution in [-0.2, 0) is 32.2 Å². The van der Waals surface area contributed by atoms with E-state index in [0.29, 0.717) is 25.8 Å². The standard InChI is InChI=1S/C25H31N3O6/c1-5-18-11-25(18,15-29)26-21(30)20-10-19(14-28(20)23(32)34-24(2,3)4)33-22(31)27-12-16-8-6-7-9-17(16)13-27/h5-9,15,18-20H,1,10-14H2,2-4H3,(H,26,30)/t18-,19-,20+,25+/m1/s1. The molecule has 0 spiro atoms. The Kier molecular flexibility index (Phi) is 6.14. The van der Waals surface area contributed by atoms with Gasteiger partial charge in [-0.25, -0.2) is 9.59 Å². The topological polar surface area (TPSA) is 105 Å².